The molecule has 0 radical (unpaired) electrons. The van der Waals surface area contributed by atoms with Gasteiger partial charge >= 0.3 is 6.18 Å². The van der Waals surface area contributed by atoms with Crippen LogP contribution in [0.3, 0.4) is 0 Å². The Morgan fingerprint density at radius 2 is 1.94 bits per heavy atom. The molecule has 0 spiro atoms. The summed E-state index contributed by atoms with van der Waals surface area (Å²) in [6.07, 6.45) is -0.925. The molecule has 4 aromatic rings. The van der Waals surface area contributed by atoms with Crippen molar-refractivity contribution in [2.24, 2.45) is 0 Å². The van der Waals surface area contributed by atoms with Gasteiger partial charge in [-0.1, -0.05) is 13.8 Å². The number of phenolic OH excluding ortho intramolecular Hbond substituents is 1. The molecule has 1 atom stereocenters. The number of alkyl halides is 3. The molecule has 4 heterocycles. The van der Waals surface area contributed by atoms with Gasteiger partial charge in [-0.2, -0.15) is 18.3 Å². The first-order chi connectivity index (χ1) is 15.6. The molecule has 5 rings (SSSR count). The van der Waals surface area contributed by atoms with Gasteiger partial charge < -0.3 is 9.67 Å². The van der Waals surface area contributed by atoms with Crippen LogP contribution in [0.25, 0.3) is 22.3 Å². The van der Waals surface area contributed by atoms with Crippen LogP contribution in [0, 0.1) is 6.92 Å². The van der Waals surface area contributed by atoms with E-state index in [1.54, 1.807) is 6.07 Å². The van der Waals surface area contributed by atoms with E-state index in [-0.39, 0.29) is 17.5 Å². The highest BCUT2D eigenvalue weighted by molar-refractivity contribution is 5.80. The average Bonchev–Trinajstić information content (AvgIpc) is 3.35. The third-order valence-corrected chi connectivity index (χ3v) is 6.13. The first-order valence-corrected chi connectivity index (χ1v) is 10.8. The van der Waals surface area contributed by atoms with Crippen LogP contribution in [0.4, 0.5) is 13.2 Å². The molecular formula is C23H23F3N6O. The standard InChI is InChI=1S/C23H23F3N6O/c1-12(2)22-29-28-19-7-5-16(11-31(19)22)32-10-14-4-6-17(27-21(14)30-32)20-13(3)8-15(9-18(20)33)23(24,25)26/h4,6,8-10,12,16,33H,5,7,11H2,1-3H3. The van der Waals surface area contributed by atoms with Gasteiger partial charge in [0.25, 0.3) is 0 Å². The summed E-state index contributed by atoms with van der Waals surface area (Å²) in [5.41, 5.74) is 0.529. The minimum Gasteiger partial charge on any atom is -0.507 e. The molecule has 1 N–H and O–H groups in total. The Labute approximate surface area is 187 Å². The predicted molar refractivity (Wildman–Crippen MR) is 116 cm³/mol. The number of fused-ring (bicyclic) bond motifs is 2. The third-order valence-electron chi connectivity index (χ3n) is 6.13. The van der Waals surface area contributed by atoms with Gasteiger partial charge in [0.05, 0.1) is 17.3 Å². The monoisotopic (exact) mass is 456 g/mol. The first kappa shape index (κ1) is 21.4. The molecule has 7 nitrogen and oxygen atoms in total. The van der Waals surface area contributed by atoms with E-state index in [2.05, 4.69) is 38.7 Å². The van der Waals surface area contributed by atoms with Gasteiger partial charge in [0.15, 0.2) is 5.65 Å². The largest absolute Gasteiger partial charge is 0.507 e. The maximum Gasteiger partial charge on any atom is 0.416 e. The smallest absolute Gasteiger partial charge is 0.416 e. The van der Waals surface area contributed by atoms with Gasteiger partial charge in [0, 0.05) is 36.0 Å². The molecule has 1 aliphatic heterocycles. The van der Waals surface area contributed by atoms with Crippen LogP contribution in [0.1, 0.15) is 55.0 Å². The number of aromatic hydroxyl groups is 1. The number of nitrogens with zero attached hydrogens (tertiary/aromatic N) is 6. The Morgan fingerprint density at radius 1 is 1.15 bits per heavy atom. The molecular weight excluding hydrogens is 433 g/mol. The summed E-state index contributed by atoms with van der Waals surface area (Å²) in [6.45, 7) is 6.43. The van der Waals surface area contributed by atoms with Crippen LogP contribution >= 0.6 is 0 Å². The van der Waals surface area contributed by atoms with Crippen molar-refractivity contribution in [1.82, 2.24) is 29.5 Å². The lowest BCUT2D eigenvalue weighted by atomic mass is 10.00. The number of rotatable bonds is 3. The Hall–Kier alpha value is -3.43. The molecule has 1 unspecified atom stereocenters. The third kappa shape index (κ3) is 3.73. The second-order valence-corrected chi connectivity index (χ2v) is 8.84. The van der Waals surface area contributed by atoms with Crippen molar-refractivity contribution < 1.29 is 18.3 Å². The lowest BCUT2D eigenvalue weighted by Crippen LogP contribution is -2.25. The van der Waals surface area contributed by atoms with E-state index >= 15 is 0 Å². The maximum atomic E-state index is 13.1. The van der Waals surface area contributed by atoms with Gasteiger partial charge in [-0.3, -0.25) is 4.68 Å². The highest BCUT2D eigenvalue weighted by atomic mass is 19.4. The van der Waals surface area contributed by atoms with Gasteiger partial charge in [-0.15, -0.1) is 10.2 Å². The number of phenols is 1. The number of aryl methyl sites for hydroxylation is 2. The summed E-state index contributed by atoms with van der Waals surface area (Å²) in [5.74, 6) is 1.76. The summed E-state index contributed by atoms with van der Waals surface area (Å²) in [7, 11) is 0. The van der Waals surface area contributed by atoms with Crippen LogP contribution in [-0.4, -0.2) is 34.6 Å². The Morgan fingerprint density at radius 3 is 2.64 bits per heavy atom. The normalized spacial score (nSPS) is 16.5. The van der Waals surface area contributed by atoms with Crippen molar-refractivity contribution in [1.29, 1.82) is 0 Å². The summed E-state index contributed by atoms with van der Waals surface area (Å²) < 4.78 is 43.2. The lowest BCUT2D eigenvalue weighted by Gasteiger charge is -2.25. The van der Waals surface area contributed by atoms with Crippen LogP contribution in [0.15, 0.2) is 30.5 Å². The van der Waals surface area contributed by atoms with Gasteiger partial charge in [-0.05, 0) is 43.2 Å². The number of benzene rings is 1. The molecule has 10 heteroatoms. The fourth-order valence-electron chi connectivity index (χ4n) is 4.49. The summed E-state index contributed by atoms with van der Waals surface area (Å²) in [6, 6.07) is 5.39. The molecule has 0 aliphatic carbocycles. The Balaban J connectivity index is 1.49. The molecule has 1 aromatic carbocycles. The fourth-order valence-corrected chi connectivity index (χ4v) is 4.49. The molecule has 0 saturated carbocycles. The van der Waals surface area contributed by atoms with Gasteiger partial charge in [0.1, 0.15) is 17.4 Å². The molecule has 0 amide bonds. The van der Waals surface area contributed by atoms with E-state index in [1.165, 1.54) is 6.92 Å². The Kier molecular flexibility index (Phi) is 4.91. The maximum absolute atomic E-state index is 13.1. The van der Waals surface area contributed by atoms with Crippen molar-refractivity contribution in [3.05, 3.63) is 53.2 Å². The molecule has 0 saturated heterocycles. The highest BCUT2D eigenvalue weighted by Gasteiger charge is 2.32. The molecule has 33 heavy (non-hydrogen) atoms. The molecule has 3 aromatic heterocycles. The van der Waals surface area contributed by atoms with E-state index in [9.17, 15) is 18.3 Å². The zero-order valence-electron chi connectivity index (χ0n) is 18.4. The van der Waals surface area contributed by atoms with Gasteiger partial charge in [-0.25, -0.2) is 4.98 Å². The highest BCUT2D eigenvalue weighted by Crippen LogP contribution is 2.39. The number of halogens is 3. The van der Waals surface area contributed by atoms with Crippen molar-refractivity contribution in [2.45, 2.75) is 58.3 Å². The van der Waals surface area contributed by atoms with E-state index in [1.807, 2.05) is 16.9 Å². The first-order valence-electron chi connectivity index (χ1n) is 10.8. The van der Waals surface area contributed by atoms with Crippen LogP contribution < -0.4 is 0 Å². The van der Waals surface area contributed by atoms with Crippen molar-refractivity contribution in [2.75, 3.05) is 0 Å². The summed E-state index contributed by atoms with van der Waals surface area (Å²) in [5, 5.41) is 24.5. The minimum atomic E-state index is -4.53. The van der Waals surface area contributed by atoms with Gasteiger partial charge in [0.2, 0.25) is 0 Å². The predicted octanol–water partition coefficient (Wildman–Crippen LogP) is 5.03. The van der Waals surface area contributed by atoms with E-state index in [0.717, 1.165) is 48.6 Å². The van der Waals surface area contributed by atoms with Crippen LogP contribution in [0.5, 0.6) is 5.75 Å². The number of hydrogen-bond donors (Lipinski definition) is 1. The molecule has 1 aliphatic rings. The Bertz CT molecular complexity index is 1330. The van der Waals surface area contributed by atoms with E-state index in [0.29, 0.717) is 16.9 Å². The van der Waals surface area contributed by atoms with E-state index < -0.39 is 17.5 Å². The SMILES string of the molecule is Cc1cc(C(F)(F)F)cc(O)c1-c1ccc2cn(C3CCc4nnc(C(C)C)n4C3)nc2n1. The average molecular weight is 456 g/mol. The zero-order chi connectivity index (χ0) is 23.5. The second-order valence-electron chi connectivity index (χ2n) is 8.84. The van der Waals surface area contributed by atoms with Crippen molar-refractivity contribution >= 4 is 11.0 Å². The zero-order valence-corrected chi connectivity index (χ0v) is 18.4. The number of aromatic nitrogens is 6. The van der Waals surface area contributed by atoms with Crippen molar-refractivity contribution in [3.8, 4) is 17.0 Å². The molecule has 0 fully saturated rings. The summed E-state index contributed by atoms with van der Waals surface area (Å²) >= 11 is 0. The topological polar surface area (TPSA) is 81.6 Å². The minimum absolute atomic E-state index is 0.116. The lowest BCUT2D eigenvalue weighted by molar-refractivity contribution is -0.137. The van der Waals surface area contributed by atoms with Crippen LogP contribution in [0.2, 0.25) is 0 Å². The van der Waals surface area contributed by atoms with Crippen LogP contribution in [-0.2, 0) is 19.1 Å². The second kappa shape index (κ2) is 7.57. The van der Waals surface area contributed by atoms with Crippen molar-refractivity contribution in [3.63, 3.8) is 0 Å². The van der Waals surface area contributed by atoms with E-state index in [4.69, 9.17) is 0 Å². The quantitative estimate of drug-likeness (QED) is 0.467. The number of hydrogen-bond acceptors (Lipinski definition) is 5. The fraction of sp³-hybridized carbons (Fsp3) is 0.391. The molecule has 0 bridgehead atoms. The number of pyridine rings is 1. The molecule has 172 valence electrons. The summed E-state index contributed by atoms with van der Waals surface area (Å²) in [4.78, 5) is 4.55.